The van der Waals surface area contributed by atoms with E-state index in [9.17, 15) is 4.79 Å². The van der Waals surface area contributed by atoms with Crippen LogP contribution in [0.3, 0.4) is 0 Å². The zero-order valence-electron chi connectivity index (χ0n) is 18.7. The Kier molecular flexibility index (Phi) is 6.16. The SMILES string of the molecule is Cc1ccc(-c2cc(-n3nnnc3C(C)C)cc(C(=O)NC(C)c3cnccn3)c2F)nc1. The number of nitrogens with zero attached hydrogens (tertiary/aromatic N) is 7. The largest absolute Gasteiger partial charge is 0.344 e. The highest BCUT2D eigenvalue weighted by Crippen LogP contribution is 2.28. The molecule has 4 rings (SSSR count). The van der Waals surface area contributed by atoms with E-state index >= 15 is 4.39 Å². The Balaban J connectivity index is 1.81. The Morgan fingerprint density at radius 1 is 1.09 bits per heavy atom. The minimum atomic E-state index is -0.682. The molecule has 0 spiro atoms. The molecule has 1 amide bonds. The van der Waals surface area contributed by atoms with E-state index in [1.165, 1.54) is 16.9 Å². The van der Waals surface area contributed by atoms with Crippen LogP contribution < -0.4 is 5.32 Å². The van der Waals surface area contributed by atoms with Crippen molar-refractivity contribution in [2.45, 2.75) is 39.7 Å². The molecular weight excluding hydrogens is 423 g/mol. The summed E-state index contributed by atoms with van der Waals surface area (Å²) in [4.78, 5) is 25.7. The van der Waals surface area contributed by atoms with Crippen LogP contribution in [-0.4, -0.2) is 41.1 Å². The molecule has 33 heavy (non-hydrogen) atoms. The first-order valence-electron chi connectivity index (χ1n) is 10.5. The number of hydrogen-bond donors (Lipinski definition) is 1. The number of hydrogen-bond acceptors (Lipinski definition) is 7. The van der Waals surface area contributed by atoms with Crippen LogP contribution in [0.2, 0.25) is 0 Å². The maximum Gasteiger partial charge on any atom is 0.254 e. The summed E-state index contributed by atoms with van der Waals surface area (Å²) >= 11 is 0. The lowest BCUT2D eigenvalue weighted by Crippen LogP contribution is -2.28. The third-order valence-corrected chi connectivity index (χ3v) is 5.12. The first-order chi connectivity index (χ1) is 15.8. The van der Waals surface area contributed by atoms with Crippen molar-refractivity contribution in [2.75, 3.05) is 0 Å². The van der Waals surface area contributed by atoms with E-state index in [1.54, 1.807) is 37.6 Å². The molecule has 1 aromatic carbocycles. The van der Waals surface area contributed by atoms with E-state index in [-0.39, 0.29) is 17.0 Å². The number of nitrogens with one attached hydrogen (secondary N) is 1. The lowest BCUT2D eigenvalue weighted by atomic mass is 10.0. The van der Waals surface area contributed by atoms with Crippen molar-refractivity contribution in [1.82, 2.24) is 40.5 Å². The van der Waals surface area contributed by atoms with Gasteiger partial charge >= 0.3 is 0 Å². The molecule has 1 unspecified atom stereocenters. The van der Waals surface area contributed by atoms with Crippen molar-refractivity contribution < 1.29 is 9.18 Å². The second-order valence-corrected chi connectivity index (χ2v) is 8.00. The van der Waals surface area contributed by atoms with E-state index in [0.717, 1.165) is 5.56 Å². The van der Waals surface area contributed by atoms with Crippen LogP contribution in [0.15, 0.2) is 49.1 Å². The van der Waals surface area contributed by atoms with Crippen molar-refractivity contribution in [3.05, 3.63) is 77.5 Å². The molecule has 0 aliphatic heterocycles. The molecule has 168 valence electrons. The molecule has 4 aromatic rings. The van der Waals surface area contributed by atoms with Gasteiger partial charge in [0, 0.05) is 30.1 Å². The molecule has 0 bridgehead atoms. The van der Waals surface area contributed by atoms with Gasteiger partial charge in [-0.1, -0.05) is 19.9 Å². The summed E-state index contributed by atoms with van der Waals surface area (Å²) in [5.74, 6) is -0.679. The Morgan fingerprint density at radius 2 is 1.91 bits per heavy atom. The number of carbonyl (C=O) groups excluding carboxylic acids is 1. The second-order valence-electron chi connectivity index (χ2n) is 8.00. The molecule has 0 saturated heterocycles. The molecular formula is C23H23FN8O. The van der Waals surface area contributed by atoms with Gasteiger partial charge in [-0.15, -0.1) is 5.10 Å². The highest BCUT2D eigenvalue weighted by Gasteiger charge is 2.23. The number of aromatic nitrogens is 7. The van der Waals surface area contributed by atoms with Gasteiger partial charge < -0.3 is 5.32 Å². The van der Waals surface area contributed by atoms with Crippen molar-refractivity contribution in [3.8, 4) is 16.9 Å². The summed E-state index contributed by atoms with van der Waals surface area (Å²) in [7, 11) is 0. The minimum absolute atomic E-state index is 0.0138. The fourth-order valence-electron chi connectivity index (χ4n) is 3.33. The van der Waals surface area contributed by atoms with Gasteiger partial charge in [-0.3, -0.25) is 19.7 Å². The summed E-state index contributed by atoms with van der Waals surface area (Å²) < 4.78 is 17.2. The number of rotatable bonds is 6. The summed E-state index contributed by atoms with van der Waals surface area (Å²) in [5.41, 5.74) is 2.38. The number of tetrazole rings is 1. The van der Waals surface area contributed by atoms with Crippen LogP contribution in [0.4, 0.5) is 4.39 Å². The monoisotopic (exact) mass is 446 g/mol. The van der Waals surface area contributed by atoms with E-state index in [4.69, 9.17) is 0 Å². The zero-order chi connectivity index (χ0) is 23.5. The van der Waals surface area contributed by atoms with Gasteiger partial charge in [0.25, 0.3) is 5.91 Å². The smallest absolute Gasteiger partial charge is 0.254 e. The van der Waals surface area contributed by atoms with Gasteiger partial charge in [0.1, 0.15) is 5.82 Å². The molecule has 3 aromatic heterocycles. The van der Waals surface area contributed by atoms with Crippen molar-refractivity contribution >= 4 is 5.91 Å². The minimum Gasteiger partial charge on any atom is -0.344 e. The quantitative estimate of drug-likeness (QED) is 0.482. The molecule has 0 radical (unpaired) electrons. The molecule has 3 heterocycles. The summed E-state index contributed by atoms with van der Waals surface area (Å²) in [6, 6.07) is 6.10. The number of pyridine rings is 1. The summed E-state index contributed by atoms with van der Waals surface area (Å²) in [5, 5.41) is 14.7. The van der Waals surface area contributed by atoms with E-state index in [1.807, 2.05) is 26.8 Å². The average Bonchev–Trinajstić information content (AvgIpc) is 3.31. The van der Waals surface area contributed by atoms with Crippen LogP contribution in [0.1, 0.15) is 60.2 Å². The van der Waals surface area contributed by atoms with Gasteiger partial charge in [0.05, 0.1) is 34.9 Å². The molecule has 0 aliphatic rings. The van der Waals surface area contributed by atoms with Gasteiger partial charge in [-0.25, -0.2) is 4.39 Å². The second kappa shape index (κ2) is 9.19. The first-order valence-corrected chi connectivity index (χ1v) is 10.5. The molecule has 0 fully saturated rings. The van der Waals surface area contributed by atoms with Crippen LogP contribution >= 0.6 is 0 Å². The van der Waals surface area contributed by atoms with E-state index in [0.29, 0.717) is 22.9 Å². The average molecular weight is 446 g/mol. The van der Waals surface area contributed by atoms with Crippen LogP contribution in [0, 0.1) is 12.7 Å². The van der Waals surface area contributed by atoms with E-state index < -0.39 is 17.8 Å². The van der Waals surface area contributed by atoms with Gasteiger partial charge in [-0.2, -0.15) is 4.68 Å². The fourth-order valence-corrected chi connectivity index (χ4v) is 3.33. The third kappa shape index (κ3) is 4.59. The highest BCUT2D eigenvalue weighted by molar-refractivity contribution is 5.96. The van der Waals surface area contributed by atoms with Crippen molar-refractivity contribution in [3.63, 3.8) is 0 Å². The predicted octanol–water partition coefficient (Wildman–Crippen LogP) is 3.58. The number of benzene rings is 1. The first kappa shape index (κ1) is 22.1. The zero-order valence-corrected chi connectivity index (χ0v) is 18.7. The van der Waals surface area contributed by atoms with Gasteiger partial charge in [0.2, 0.25) is 0 Å². The van der Waals surface area contributed by atoms with Crippen LogP contribution in [0.25, 0.3) is 16.9 Å². The number of halogens is 1. The number of aryl methyl sites for hydroxylation is 1. The Hall–Kier alpha value is -4.08. The normalized spacial score (nSPS) is 12.1. The Bertz CT molecular complexity index is 1270. The number of carbonyl (C=O) groups is 1. The van der Waals surface area contributed by atoms with Crippen LogP contribution in [-0.2, 0) is 0 Å². The third-order valence-electron chi connectivity index (χ3n) is 5.12. The number of amides is 1. The van der Waals surface area contributed by atoms with Crippen molar-refractivity contribution in [2.24, 2.45) is 0 Å². The standard InChI is InChI=1S/C23H23FN8O/c1-13(2)22-29-30-31-32(22)16-9-17(19-6-5-14(3)11-27-19)21(24)18(10-16)23(33)28-15(4)20-12-25-7-8-26-20/h5-13,15H,1-4H3,(H,28,33). The maximum absolute atomic E-state index is 15.7. The predicted molar refractivity (Wildman–Crippen MR) is 119 cm³/mol. The summed E-state index contributed by atoms with van der Waals surface area (Å²) in [6.45, 7) is 7.55. The molecule has 1 atom stereocenters. The maximum atomic E-state index is 15.7. The van der Waals surface area contributed by atoms with Crippen molar-refractivity contribution in [1.29, 1.82) is 0 Å². The molecule has 0 aliphatic carbocycles. The Labute approximate surface area is 190 Å². The van der Waals surface area contributed by atoms with Crippen LogP contribution in [0.5, 0.6) is 0 Å². The lowest BCUT2D eigenvalue weighted by molar-refractivity contribution is 0.0935. The van der Waals surface area contributed by atoms with E-state index in [2.05, 4.69) is 35.8 Å². The molecule has 10 heteroatoms. The van der Waals surface area contributed by atoms with Gasteiger partial charge in [-0.05, 0) is 48.0 Å². The molecule has 1 N–H and O–H groups in total. The summed E-state index contributed by atoms with van der Waals surface area (Å²) in [6.07, 6.45) is 6.27. The van der Waals surface area contributed by atoms with Gasteiger partial charge in [0.15, 0.2) is 5.82 Å². The lowest BCUT2D eigenvalue weighted by Gasteiger charge is -2.16. The topological polar surface area (TPSA) is 111 Å². The molecule has 9 nitrogen and oxygen atoms in total. The Morgan fingerprint density at radius 3 is 2.58 bits per heavy atom. The molecule has 0 saturated carbocycles. The fraction of sp³-hybridized carbons (Fsp3) is 0.261. The highest BCUT2D eigenvalue weighted by atomic mass is 19.1.